The molecule has 0 fully saturated rings. The molecule has 0 unspecified atom stereocenters. The predicted octanol–water partition coefficient (Wildman–Crippen LogP) is 1.57. The maximum atomic E-state index is 12.7. The first-order valence-electron chi connectivity index (χ1n) is 6.48. The maximum Gasteiger partial charge on any atom is 0.337 e. The van der Waals surface area contributed by atoms with E-state index in [-0.39, 0.29) is 11.2 Å². The second-order valence-corrected chi connectivity index (χ2v) is 7.45. The van der Waals surface area contributed by atoms with Crippen LogP contribution in [-0.2, 0) is 6.29 Å². The summed E-state index contributed by atoms with van der Waals surface area (Å²) in [6.07, 6.45) is 1.88. The lowest BCUT2D eigenvalue weighted by molar-refractivity contribution is 0.731. The van der Waals surface area contributed by atoms with Crippen molar-refractivity contribution in [3.63, 3.8) is 0 Å². The zero-order valence-corrected chi connectivity index (χ0v) is 12.7. The molecular weight excluding hydrogens is 287 g/mol. The number of nitrogens with zero attached hydrogens (tertiary/aromatic N) is 3. The molecule has 3 rings (SSSR count). The van der Waals surface area contributed by atoms with E-state index in [0.29, 0.717) is 23.1 Å². The molecule has 0 aliphatic rings. The van der Waals surface area contributed by atoms with Crippen LogP contribution >= 0.6 is 7.92 Å². The van der Waals surface area contributed by atoms with Crippen molar-refractivity contribution in [2.75, 3.05) is 13.3 Å². The molecule has 0 atom stereocenters. The van der Waals surface area contributed by atoms with Crippen LogP contribution in [0.4, 0.5) is 0 Å². The Labute approximate surface area is 121 Å². The summed E-state index contributed by atoms with van der Waals surface area (Å²) in [5.41, 5.74) is 0.766. The summed E-state index contributed by atoms with van der Waals surface area (Å²) >= 11 is 0. The van der Waals surface area contributed by atoms with Crippen molar-refractivity contribution < 1.29 is 0 Å². The number of hydrogen-bond acceptors (Lipinski definition) is 3. The van der Waals surface area contributed by atoms with Crippen molar-refractivity contribution in [3.05, 3.63) is 57.5 Å². The molecule has 0 saturated carbocycles. The van der Waals surface area contributed by atoms with E-state index >= 15 is 0 Å². The van der Waals surface area contributed by atoms with E-state index in [4.69, 9.17) is 0 Å². The molecule has 6 nitrogen and oxygen atoms in total. The third-order valence-electron chi connectivity index (χ3n) is 3.15. The Bertz CT molecular complexity index is 893. The second-order valence-electron chi connectivity index (χ2n) is 5.01. The van der Waals surface area contributed by atoms with E-state index in [2.05, 4.69) is 9.97 Å². The molecule has 1 N–H and O–H groups in total. The molecule has 0 spiro atoms. The normalized spacial score (nSPS) is 11.4. The van der Waals surface area contributed by atoms with Gasteiger partial charge in [-0.1, -0.05) is 26.1 Å². The standard InChI is InChI=1S/C14H15N4O2P/c1-21(2)9-17-13(19)11-12(16-8-15-11)18(14(17)20)10-6-4-3-5-7-10/h3-8H,9H2,1-2H3,(H,15,16). The first kappa shape index (κ1) is 13.8. The van der Waals surface area contributed by atoms with Crippen LogP contribution in [0, 0.1) is 0 Å². The number of hydrogen-bond donors (Lipinski definition) is 1. The van der Waals surface area contributed by atoms with E-state index in [1.54, 1.807) is 0 Å². The van der Waals surface area contributed by atoms with Gasteiger partial charge < -0.3 is 4.98 Å². The van der Waals surface area contributed by atoms with Gasteiger partial charge in [-0.05, 0) is 25.5 Å². The fourth-order valence-corrected chi connectivity index (χ4v) is 3.08. The number of nitrogens with one attached hydrogen (secondary N) is 1. The van der Waals surface area contributed by atoms with Gasteiger partial charge in [0.2, 0.25) is 0 Å². The van der Waals surface area contributed by atoms with Gasteiger partial charge >= 0.3 is 5.69 Å². The minimum Gasteiger partial charge on any atom is -0.339 e. The molecular formula is C14H15N4O2P. The molecule has 2 heterocycles. The highest BCUT2D eigenvalue weighted by Gasteiger charge is 2.16. The Balaban J connectivity index is 2.41. The lowest BCUT2D eigenvalue weighted by atomic mass is 10.3. The molecule has 3 aromatic rings. The molecule has 108 valence electrons. The molecule has 0 amide bonds. The van der Waals surface area contributed by atoms with Crippen LogP contribution < -0.4 is 11.2 Å². The van der Waals surface area contributed by atoms with Crippen LogP contribution in [-0.4, -0.2) is 32.4 Å². The van der Waals surface area contributed by atoms with E-state index in [9.17, 15) is 9.59 Å². The van der Waals surface area contributed by atoms with Crippen molar-refractivity contribution in [2.24, 2.45) is 0 Å². The molecule has 0 saturated heterocycles. The summed E-state index contributed by atoms with van der Waals surface area (Å²) < 4.78 is 2.77. The number of para-hydroxylation sites is 1. The van der Waals surface area contributed by atoms with Gasteiger partial charge in [-0.15, -0.1) is 0 Å². The van der Waals surface area contributed by atoms with Crippen molar-refractivity contribution in [2.45, 2.75) is 6.29 Å². The van der Waals surface area contributed by atoms with Crippen LogP contribution in [0.1, 0.15) is 0 Å². The predicted molar refractivity (Wildman–Crippen MR) is 84.7 cm³/mol. The fraction of sp³-hybridized carbons (Fsp3) is 0.214. The second kappa shape index (κ2) is 5.30. The summed E-state index contributed by atoms with van der Waals surface area (Å²) in [5, 5.41) is 0. The van der Waals surface area contributed by atoms with Gasteiger partial charge in [-0.2, -0.15) is 0 Å². The minimum absolute atomic E-state index is 0.309. The Morgan fingerprint density at radius 2 is 1.90 bits per heavy atom. The molecule has 0 aliphatic carbocycles. The average molecular weight is 302 g/mol. The lowest BCUT2D eigenvalue weighted by Crippen LogP contribution is -2.39. The number of fused-ring (bicyclic) bond motifs is 1. The first-order chi connectivity index (χ1) is 10.1. The first-order valence-corrected chi connectivity index (χ1v) is 8.91. The maximum absolute atomic E-state index is 12.7. The number of rotatable bonds is 3. The molecule has 1 aromatic carbocycles. The van der Waals surface area contributed by atoms with Gasteiger partial charge in [-0.25, -0.2) is 14.3 Å². The van der Waals surface area contributed by atoms with Gasteiger partial charge in [0.15, 0.2) is 5.65 Å². The highest BCUT2D eigenvalue weighted by Crippen LogP contribution is 2.25. The molecule has 21 heavy (non-hydrogen) atoms. The van der Waals surface area contributed by atoms with Crippen LogP contribution in [0.5, 0.6) is 0 Å². The molecule has 7 heteroatoms. The van der Waals surface area contributed by atoms with Crippen LogP contribution in [0.25, 0.3) is 16.9 Å². The summed E-state index contributed by atoms with van der Waals surface area (Å²) in [5.74, 6) is 0. The Kier molecular flexibility index (Phi) is 3.47. The summed E-state index contributed by atoms with van der Waals surface area (Å²) in [7, 11) is -0.416. The van der Waals surface area contributed by atoms with Gasteiger partial charge in [-0.3, -0.25) is 9.36 Å². The highest BCUT2D eigenvalue weighted by atomic mass is 31.1. The number of aromatic nitrogens is 4. The molecule has 0 aliphatic heterocycles. The Hall–Kier alpha value is -2.20. The van der Waals surface area contributed by atoms with Crippen molar-refractivity contribution >= 4 is 19.1 Å². The molecule has 0 bridgehead atoms. The van der Waals surface area contributed by atoms with Crippen molar-refractivity contribution in [3.8, 4) is 5.69 Å². The van der Waals surface area contributed by atoms with Crippen molar-refractivity contribution in [1.29, 1.82) is 0 Å². The fourth-order valence-electron chi connectivity index (χ4n) is 2.26. The average Bonchev–Trinajstić information content (AvgIpc) is 2.94. The summed E-state index contributed by atoms with van der Waals surface area (Å²) in [6.45, 7) is 4.07. The van der Waals surface area contributed by atoms with Crippen LogP contribution in [0.3, 0.4) is 0 Å². The number of benzene rings is 1. The SMILES string of the molecule is CP(C)Cn1c(=O)c2[nH]cnc2n(-c2ccccc2)c1=O. The summed E-state index contributed by atoms with van der Waals surface area (Å²) in [6, 6.07) is 9.23. The van der Waals surface area contributed by atoms with E-state index < -0.39 is 7.92 Å². The van der Waals surface area contributed by atoms with E-state index in [0.717, 1.165) is 0 Å². The van der Waals surface area contributed by atoms with E-state index in [1.807, 2.05) is 43.7 Å². The largest absolute Gasteiger partial charge is 0.339 e. The van der Waals surface area contributed by atoms with Crippen LogP contribution in [0.15, 0.2) is 46.2 Å². The molecule has 0 radical (unpaired) electrons. The Morgan fingerprint density at radius 1 is 1.19 bits per heavy atom. The topological polar surface area (TPSA) is 72.7 Å². The minimum atomic E-state index is -0.416. The van der Waals surface area contributed by atoms with Gasteiger partial charge in [0.1, 0.15) is 5.52 Å². The quantitative estimate of drug-likeness (QED) is 0.746. The van der Waals surface area contributed by atoms with Gasteiger partial charge in [0.25, 0.3) is 5.56 Å². The monoisotopic (exact) mass is 302 g/mol. The number of H-pyrrole nitrogens is 1. The van der Waals surface area contributed by atoms with Gasteiger partial charge in [0.05, 0.1) is 12.0 Å². The van der Waals surface area contributed by atoms with Gasteiger partial charge in [0, 0.05) is 6.29 Å². The lowest BCUT2D eigenvalue weighted by Gasteiger charge is -2.12. The number of imidazole rings is 1. The van der Waals surface area contributed by atoms with E-state index in [1.165, 1.54) is 15.5 Å². The smallest absolute Gasteiger partial charge is 0.337 e. The Morgan fingerprint density at radius 3 is 2.57 bits per heavy atom. The summed E-state index contributed by atoms with van der Waals surface area (Å²) in [4.78, 5) is 32.1. The highest BCUT2D eigenvalue weighted by molar-refractivity contribution is 7.54. The van der Waals surface area contributed by atoms with Crippen molar-refractivity contribution in [1.82, 2.24) is 19.1 Å². The molecule has 2 aromatic heterocycles. The number of aromatic amines is 1. The van der Waals surface area contributed by atoms with Crippen LogP contribution in [0.2, 0.25) is 0 Å². The third kappa shape index (κ3) is 2.32. The zero-order valence-electron chi connectivity index (χ0n) is 11.8. The third-order valence-corrected chi connectivity index (χ3v) is 4.00. The zero-order chi connectivity index (χ0) is 15.0.